The van der Waals surface area contributed by atoms with Crippen molar-refractivity contribution in [2.24, 2.45) is 5.92 Å². The number of hydrogen-bond acceptors (Lipinski definition) is 2. The van der Waals surface area contributed by atoms with Gasteiger partial charge in [0.1, 0.15) is 0 Å². The van der Waals surface area contributed by atoms with E-state index in [0.29, 0.717) is 29.8 Å². The van der Waals surface area contributed by atoms with Crippen LogP contribution in [0.3, 0.4) is 0 Å². The van der Waals surface area contributed by atoms with Gasteiger partial charge in [-0.2, -0.15) is 0 Å². The summed E-state index contributed by atoms with van der Waals surface area (Å²) in [6, 6.07) is 3.42. The van der Waals surface area contributed by atoms with Crippen molar-refractivity contribution in [3.05, 3.63) is 106 Å². The van der Waals surface area contributed by atoms with Crippen molar-refractivity contribution in [1.29, 1.82) is 0 Å². The number of carbonyl (C=O) groups excluding carboxylic acids is 1. The van der Waals surface area contributed by atoms with Crippen LogP contribution in [0.25, 0.3) is 11.1 Å². The molecular formula is C30H38F3NO2. The molecule has 1 heterocycles. The maximum atomic E-state index is 14.3. The van der Waals surface area contributed by atoms with Gasteiger partial charge in [-0.05, 0) is 54.2 Å². The van der Waals surface area contributed by atoms with Crippen LogP contribution >= 0.6 is 0 Å². The number of benzene rings is 1. The second-order valence-corrected chi connectivity index (χ2v) is 8.55. The lowest BCUT2D eigenvalue weighted by atomic mass is 10.00. The highest BCUT2D eigenvalue weighted by molar-refractivity contribution is 6.04. The van der Waals surface area contributed by atoms with Crippen LogP contribution in [0.4, 0.5) is 13.2 Å². The standard InChI is InChI=1S/C24H20F3NO2.C4H10.C2H6.H2/c1-3-11-28-14-18(21(29)4-2)22(30)13-20(28)16-8-6-5-7-15(12-16)17-9-10-19(25)24(27)23(17)26;1-4(2)3;1-2;/h4,6-10,12-14H,2-3,5,11H2,1H3;4H,1-3H3;1-2H3;1H. The molecule has 1 aliphatic carbocycles. The molecule has 2 aromatic rings. The molecule has 0 unspecified atom stereocenters. The van der Waals surface area contributed by atoms with Crippen LogP contribution in [-0.2, 0) is 6.54 Å². The van der Waals surface area contributed by atoms with Crippen molar-refractivity contribution in [2.75, 3.05) is 0 Å². The Morgan fingerprint density at radius 2 is 1.78 bits per heavy atom. The van der Waals surface area contributed by atoms with E-state index in [2.05, 4.69) is 27.4 Å². The highest BCUT2D eigenvalue weighted by Crippen LogP contribution is 2.29. The van der Waals surface area contributed by atoms with E-state index in [1.54, 1.807) is 22.8 Å². The van der Waals surface area contributed by atoms with Crippen LogP contribution in [0.15, 0.2) is 66.1 Å². The summed E-state index contributed by atoms with van der Waals surface area (Å²) in [6.45, 7) is 16.4. The summed E-state index contributed by atoms with van der Waals surface area (Å²) >= 11 is 0. The molecule has 0 amide bonds. The number of halogens is 3. The molecule has 0 N–H and O–H groups in total. The van der Waals surface area contributed by atoms with E-state index in [0.717, 1.165) is 24.5 Å². The first-order chi connectivity index (χ1) is 17.1. The first-order valence-electron chi connectivity index (χ1n) is 12.2. The summed E-state index contributed by atoms with van der Waals surface area (Å²) < 4.78 is 43.2. The Hall–Kier alpha value is -3.41. The van der Waals surface area contributed by atoms with E-state index in [1.165, 1.54) is 18.3 Å². The summed E-state index contributed by atoms with van der Waals surface area (Å²) in [6.07, 6.45) is 10.7. The van der Waals surface area contributed by atoms with Gasteiger partial charge in [-0.1, -0.05) is 66.3 Å². The third-order valence-corrected chi connectivity index (χ3v) is 4.77. The molecule has 0 aliphatic heterocycles. The first-order valence-corrected chi connectivity index (χ1v) is 12.2. The van der Waals surface area contributed by atoms with Crippen LogP contribution in [0.2, 0.25) is 0 Å². The molecule has 0 spiro atoms. The van der Waals surface area contributed by atoms with Gasteiger partial charge >= 0.3 is 0 Å². The molecule has 36 heavy (non-hydrogen) atoms. The van der Waals surface area contributed by atoms with Gasteiger partial charge in [0, 0.05) is 25.8 Å². The van der Waals surface area contributed by atoms with Gasteiger partial charge in [-0.25, -0.2) is 13.2 Å². The number of hydrogen-bond donors (Lipinski definition) is 0. The van der Waals surface area contributed by atoms with Gasteiger partial charge in [0.2, 0.25) is 0 Å². The van der Waals surface area contributed by atoms with Crippen LogP contribution in [0.1, 0.15) is 77.4 Å². The number of aryl methyl sites for hydroxylation is 1. The van der Waals surface area contributed by atoms with Crippen molar-refractivity contribution >= 4 is 16.9 Å². The van der Waals surface area contributed by atoms with Crippen LogP contribution in [-0.4, -0.2) is 10.4 Å². The highest BCUT2D eigenvalue weighted by atomic mass is 19.2. The highest BCUT2D eigenvalue weighted by Gasteiger charge is 2.18. The molecule has 3 nitrogen and oxygen atoms in total. The Labute approximate surface area is 213 Å². The minimum Gasteiger partial charge on any atom is -0.347 e. The largest absolute Gasteiger partial charge is 0.347 e. The van der Waals surface area contributed by atoms with Gasteiger partial charge in [0.25, 0.3) is 0 Å². The number of pyridine rings is 1. The summed E-state index contributed by atoms with van der Waals surface area (Å²) in [5.74, 6) is -3.69. The third kappa shape index (κ3) is 8.08. The van der Waals surface area contributed by atoms with Gasteiger partial charge in [-0.3, -0.25) is 9.59 Å². The summed E-state index contributed by atoms with van der Waals surface area (Å²) in [5.41, 5.74) is 0.986. The van der Waals surface area contributed by atoms with Crippen LogP contribution < -0.4 is 5.43 Å². The van der Waals surface area contributed by atoms with E-state index < -0.39 is 28.7 Å². The topological polar surface area (TPSA) is 39.1 Å². The lowest BCUT2D eigenvalue weighted by Gasteiger charge is -2.15. The lowest BCUT2D eigenvalue weighted by Crippen LogP contribution is -2.19. The second kappa shape index (κ2) is 14.9. The average Bonchev–Trinajstić information content (AvgIpc) is 3.10. The lowest BCUT2D eigenvalue weighted by molar-refractivity contribution is 0.104. The molecule has 0 bridgehead atoms. The van der Waals surface area contributed by atoms with Crippen LogP contribution in [0, 0.1) is 23.4 Å². The molecule has 196 valence electrons. The van der Waals surface area contributed by atoms with Gasteiger partial charge in [-0.15, -0.1) is 0 Å². The van der Waals surface area contributed by atoms with Gasteiger partial charge < -0.3 is 4.57 Å². The molecule has 0 atom stereocenters. The van der Waals surface area contributed by atoms with Crippen LogP contribution in [0.5, 0.6) is 0 Å². The van der Waals surface area contributed by atoms with Crippen molar-refractivity contribution < 1.29 is 19.4 Å². The number of allylic oxidation sites excluding steroid dienone is 7. The number of carbonyl (C=O) groups is 1. The molecule has 0 radical (unpaired) electrons. The Morgan fingerprint density at radius 3 is 2.36 bits per heavy atom. The number of aromatic nitrogens is 1. The average molecular weight is 502 g/mol. The summed E-state index contributed by atoms with van der Waals surface area (Å²) in [4.78, 5) is 24.5. The molecule has 0 saturated heterocycles. The maximum Gasteiger partial charge on any atom is 0.195 e. The second-order valence-electron chi connectivity index (χ2n) is 8.55. The molecule has 3 rings (SSSR count). The minimum absolute atomic E-state index is 0. The maximum absolute atomic E-state index is 14.3. The quantitative estimate of drug-likeness (QED) is 0.226. The normalized spacial score (nSPS) is 12.4. The monoisotopic (exact) mass is 501 g/mol. The molecule has 1 aromatic heterocycles. The number of rotatable bonds is 6. The third-order valence-electron chi connectivity index (χ3n) is 4.77. The fourth-order valence-electron chi connectivity index (χ4n) is 3.30. The fourth-order valence-corrected chi connectivity index (χ4v) is 3.30. The molecule has 6 heteroatoms. The molecule has 1 aliphatic rings. The predicted octanol–water partition coefficient (Wildman–Crippen LogP) is 8.41. The number of ketones is 1. The SMILES string of the molecule is C=CC(=O)c1cn(CCC)c(C2=CC(c3ccc(F)c(F)c3F)=CCC=C2)cc1=O.CC.CC(C)C.[HH]. The molecule has 1 aromatic carbocycles. The minimum atomic E-state index is -1.53. The van der Waals surface area contributed by atoms with Crippen molar-refractivity contribution in [1.82, 2.24) is 4.57 Å². The Morgan fingerprint density at radius 1 is 1.14 bits per heavy atom. The molecule has 0 fully saturated rings. The van der Waals surface area contributed by atoms with Gasteiger partial charge in [0.15, 0.2) is 28.7 Å². The smallest absolute Gasteiger partial charge is 0.195 e. The molecular weight excluding hydrogens is 463 g/mol. The fraction of sp³-hybridized carbons (Fsp3) is 0.333. The Balaban J connectivity index is 0.00000169. The van der Waals surface area contributed by atoms with E-state index in [-0.39, 0.29) is 12.6 Å². The van der Waals surface area contributed by atoms with Crippen molar-refractivity contribution in [3.63, 3.8) is 0 Å². The van der Waals surface area contributed by atoms with E-state index in [4.69, 9.17) is 0 Å². The van der Waals surface area contributed by atoms with Crippen molar-refractivity contribution in [2.45, 2.75) is 60.9 Å². The summed E-state index contributed by atoms with van der Waals surface area (Å²) in [5, 5.41) is 0. The van der Waals surface area contributed by atoms with E-state index >= 15 is 0 Å². The summed E-state index contributed by atoms with van der Waals surface area (Å²) in [7, 11) is 0. The Bertz CT molecular complexity index is 1220. The Kier molecular flexibility index (Phi) is 12.6. The number of nitrogens with zero attached hydrogens (tertiary/aromatic N) is 1. The zero-order valence-electron chi connectivity index (χ0n) is 22.0. The van der Waals surface area contributed by atoms with E-state index in [1.807, 2.05) is 26.8 Å². The predicted molar refractivity (Wildman–Crippen MR) is 146 cm³/mol. The zero-order chi connectivity index (χ0) is 27.4. The molecule has 0 saturated carbocycles. The zero-order valence-corrected chi connectivity index (χ0v) is 22.0. The van der Waals surface area contributed by atoms with Gasteiger partial charge in [0.05, 0.1) is 11.3 Å². The van der Waals surface area contributed by atoms with Crippen molar-refractivity contribution in [3.8, 4) is 0 Å². The first kappa shape index (κ1) is 30.6. The van der Waals surface area contributed by atoms with E-state index in [9.17, 15) is 22.8 Å².